The largest absolute Gasteiger partial charge is 0.500 e. The molecule has 0 aromatic heterocycles. The molecular formula is C12H31NO4Si2. The zero-order valence-electron chi connectivity index (χ0n) is 13.3. The van der Waals surface area contributed by atoms with Crippen molar-refractivity contribution in [1.29, 1.82) is 0 Å². The van der Waals surface area contributed by atoms with Crippen molar-refractivity contribution in [1.82, 2.24) is 0 Å². The van der Waals surface area contributed by atoms with E-state index in [-0.39, 0.29) is 6.04 Å². The zero-order valence-corrected chi connectivity index (χ0v) is 15.3. The van der Waals surface area contributed by atoms with Crippen molar-refractivity contribution < 1.29 is 17.7 Å². The molecule has 0 spiro atoms. The van der Waals surface area contributed by atoms with E-state index in [1.165, 1.54) is 0 Å². The van der Waals surface area contributed by atoms with Crippen LogP contribution in [0.5, 0.6) is 0 Å². The van der Waals surface area contributed by atoms with Gasteiger partial charge in [-0.05, 0) is 32.0 Å². The Kier molecular flexibility index (Phi) is 9.33. The van der Waals surface area contributed by atoms with Crippen molar-refractivity contribution in [2.24, 2.45) is 5.73 Å². The van der Waals surface area contributed by atoms with Crippen molar-refractivity contribution in [3.63, 3.8) is 0 Å². The molecule has 0 saturated heterocycles. The fourth-order valence-electron chi connectivity index (χ4n) is 1.95. The number of rotatable bonds is 11. The molecule has 0 aliphatic heterocycles. The Morgan fingerprint density at radius 3 is 1.79 bits per heavy atom. The highest BCUT2D eigenvalue weighted by atomic mass is 28.4. The minimum Gasteiger partial charge on any atom is -0.420 e. The van der Waals surface area contributed by atoms with Crippen LogP contribution < -0.4 is 5.73 Å². The van der Waals surface area contributed by atoms with Crippen LogP contribution >= 0.6 is 0 Å². The van der Waals surface area contributed by atoms with Crippen LogP contribution in [0.1, 0.15) is 19.3 Å². The average molecular weight is 310 g/mol. The Morgan fingerprint density at radius 2 is 1.37 bits per heavy atom. The Labute approximate surface area is 120 Å². The Hall–Kier alpha value is 0.234. The molecule has 2 N–H and O–H groups in total. The van der Waals surface area contributed by atoms with Crippen LogP contribution in [0.4, 0.5) is 0 Å². The summed E-state index contributed by atoms with van der Waals surface area (Å²) in [5.74, 6) is 0. The van der Waals surface area contributed by atoms with Gasteiger partial charge in [0.25, 0.3) is 0 Å². The predicted octanol–water partition coefficient (Wildman–Crippen LogP) is 2.21. The highest BCUT2D eigenvalue weighted by Crippen LogP contribution is 2.19. The van der Waals surface area contributed by atoms with Crippen molar-refractivity contribution in [2.45, 2.75) is 50.5 Å². The smallest absolute Gasteiger partial charge is 0.420 e. The van der Waals surface area contributed by atoms with E-state index in [9.17, 15) is 0 Å². The third-order valence-electron chi connectivity index (χ3n) is 3.66. The third kappa shape index (κ3) is 7.55. The molecule has 0 saturated carbocycles. The molecular weight excluding hydrogens is 278 g/mol. The maximum atomic E-state index is 6.15. The molecule has 1 atom stereocenters. The summed E-state index contributed by atoms with van der Waals surface area (Å²) in [6, 6.07) is 2.09. The van der Waals surface area contributed by atoms with Gasteiger partial charge in [0.1, 0.15) is 0 Å². The van der Waals surface area contributed by atoms with Gasteiger partial charge in [-0.2, -0.15) is 0 Å². The minimum atomic E-state index is -2.46. The number of hydrogen-bond donors (Lipinski definition) is 1. The molecule has 0 aliphatic rings. The monoisotopic (exact) mass is 309 g/mol. The van der Waals surface area contributed by atoms with Crippen molar-refractivity contribution in [3.8, 4) is 0 Å². The zero-order chi connectivity index (χ0) is 14.9. The molecule has 7 heteroatoms. The van der Waals surface area contributed by atoms with Gasteiger partial charge in [0.15, 0.2) is 8.32 Å². The van der Waals surface area contributed by atoms with E-state index < -0.39 is 17.1 Å². The fourth-order valence-corrected chi connectivity index (χ4v) is 5.05. The van der Waals surface area contributed by atoms with Crippen molar-refractivity contribution in [2.75, 3.05) is 28.4 Å². The van der Waals surface area contributed by atoms with E-state index >= 15 is 0 Å². The van der Waals surface area contributed by atoms with Gasteiger partial charge in [0, 0.05) is 40.5 Å². The molecule has 0 rings (SSSR count). The third-order valence-corrected chi connectivity index (χ3v) is 9.09. The van der Waals surface area contributed by atoms with E-state index in [1.54, 1.807) is 21.3 Å². The standard InChI is InChI=1S/C12H31NO4Si2/c1-14-18(5,6)10-7-8-12(13)9-11-19(15-2,16-3)17-4/h12H,7-11,13H2,1-6H3. The van der Waals surface area contributed by atoms with Crippen LogP contribution in [0, 0.1) is 0 Å². The first kappa shape index (κ1) is 19.2. The maximum Gasteiger partial charge on any atom is 0.500 e. The van der Waals surface area contributed by atoms with E-state index in [0.29, 0.717) is 0 Å². The summed E-state index contributed by atoms with van der Waals surface area (Å²) in [4.78, 5) is 0. The minimum absolute atomic E-state index is 0.175. The van der Waals surface area contributed by atoms with E-state index in [2.05, 4.69) is 13.1 Å². The lowest BCUT2D eigenvalue weighted by Gasteiger charge is -2.26. The molecule has 1 unspecified atom stereocenters. The highest BCUT2D eigenvalue weighted by molar-refractivity contribution is 6.71. The second-order valence-electron chi connectivity index (χ2n) is 5.45. The molecule has 5 nitrogen and oxygen atoms in total. The molecule has 0 amide bonds. The Bertz CT molecular complexity index is 230. The summed E-state index contributed by atoms with van der Waals surface area (Å²) in [6.45, 7) is 4.47. The Balaban J connectivity index is 3.95. The lowest BCUT2D eigenvalue weighted by molar-refractivity contribution is 0.122. The van der Waals surface area contributed by atoms with E-state index in [0.717, 1.165) is 31.4 Å². The van der Waals surface area contributed by atoms with Crippen molar-refractivity contribution >= 4 is 17.1 Å². The second-order valence-corrected chi connectivity index (χ2v) is 13.0. The van der Waals surface area contributed by atoms with Crippen LogP contribution in [0.15, 0.2) is 0 Å². The summed E-state index contributed by atoms with van der Waals surface area (Å²) in [5.41, 5.74) is 6.15. The molecule has 0 aliphatic carbocycles. The average Bonchev–Trinajstić information content (AvgIpc) is 2.41. The first-order chi connectivity index (χ1) is 8.84. The van der Waals surface area contributed by atoms with Crippen LogP contribution in [-0.2, 0) is 17.7 Å². The quantitative estimate of drug-likeness (QED) is 0.593. The maximum absolute atomic E-state index is 6.15. The van der Waals surface area contributed by atoms with Crippen LogP contribution in [0.3, 0.4) is 0 Å². The summed E-state index contributed by atoms with van der Waals surface area (Å²) in [6.07, 6.45) is 3.01. The first-order valence-electron chi connectivity index (χ1n) is 6.81. The van der Waals surface area contributed by atoms with Gasteiger partial charge in [-0.1, -0.05) is 6.42 Å². The molecule has 0 bridgehead atoms. The van der Waals surface area contributed by atoms with Gasteiger partial charge in [-0.25, -0.2) is 0 Å². The summed E-state index contributed by atoms with van der Waals surface area (Å²) in [5, 5.41) is 0. The lowest BCUT2D eigenvalue weighted by atomic mass is 10.1. The topological polar surface area (TPSA) is 62.9 Å². The molecule has 0 radical (unpaired) electrons. The lowest BCUT2D eigenvalue weighted by Crippen LogP contribution is -2.43. The van der Waals surface area contributed by atoms with Crippen LogP contribution in [0.25, 0.3) is 0 Å². The SMILES string of the molecule is CO[Si](C)(C)CCCC(N)CC[Si](OC)(OC)OC. The summed E-state index contributed by atoms with van der Waals surface area (Å²) < 4.78 is 21.7. The molecule has 116 valence electrons. The van der Waals surface area contributed by atoms with Crippen LogP contribution in [0.2, 0.25) is 25.2 Å². The van der Waals surface area contributed by atoms with Crippen molar-refractivity contribution in [3.05, 3.63) is 0 Å². The molecule has 0 heterocycles. The van der Waals surface area contributed by atoms with Gasteiger partial charge in [0.05, 0.1) is 0 Å². The molecule has 0 fully saturated rings. The molecule has 19 heavy (non-hydrogen) atoms. The first-order valence-corrected chi connectivity index (χ1v) is 11.9. The Morgan fingerprint density at radius 1 is 0.842 bits per heavy atom. The second kappa shape index (κ2) is 9.22. The van der Waals surface area contributed by atoms with E-state index in [1.807, 2.05) is 7.11 Å². The summed E-state index contributed by atoms with van der Waals surface area (Å²) in [7, 11) is 2.81. The highest BCUT2D eigenvalue weighted by Gasteiger charge is 2.37. The number of nitrogens with two attached hydrogens (primary N) is 1. The van der Waals surface area contributed by atoms with Gasteiger partial charge in [-0.15, -0.1) is 0 Å². The van der Waals surface area contributed by atoms with Crippen LogP contribution in [-0.4, -0.2) is 51.6 Å². The summed E-state index contributed by atoms with van der Waals surface area (Å²) >= 11 is 0. The predicted molar refractivity (Wildman–Crippen MR) is 82.7 cm³/mol. The van der Waals surface area contributed by atoms with Gasteiger partial charge in [0.2, 0.25) is 0 Å². The van der Waals surface area contributed by atoms with Gasteiger partial charge >= 0.3 is 8.80 Å². The molecule has 0 aromatic rings. The normalized spacial score (nSPS) is 14.7. The van der Waals surface area contributed by atoms with E-state index in [4.69, 9.17) is 23.4 Å². The molecule has 0 aromatic carbocycles. The number of hydrogen-bond acceptors (Lipinski definition) is 5. The van der Waals surface area contributed by atoms with Gasteiger partial charge < -0.3 is 23.4 Å². The fraction of sp³-hybridized carbons (Fsp3) is 1.00. The van der Waals surface area contributed by atoms with Gasteiger partial charge in [-0.3, -0.25) is 0 Å².